The van der Waals surface area contributed by atoms with Crippen molar-refractivity contribution in [1.82, 2.24) is 9.62 Å². The molecule has 8 heteroatoms. The number of carbonyl (C=O) groups is 1. The van der Waals surface area contributed by atoms with Crippen molar-refractivity contribution in [2.24, 2.45) is 0 Å². The van der Waals surface area contributed by atoms with Gasteiger partial charge in [-0.1, -0.05) is 0 Å². The molecule has 3 N–H and O–H groups in total. The van der Waals surface area contributed by atoms with Crippen LogP contribution in [-0.2, 0) is 14.8 Å². The van der Waals surface area contributed by atoms with Crippen LogP contribution in [0.3, 0.4) is 0 Å². The molecule has 0 aromatic heterocycles. The molecule has 1 amide bonds. The number of hydrogen-bond acceptors (Lipinski definition) is 4. The number of sulfonamides is 1. The van der Waals surface area contributed by atoms with Crippen molar-refractivity contribution >= 4 is 37.5 Å². The third kappa shape index (κ3) is 4.48. The Morgan fingerprint density at radius 3 is 2.63 bits per heavy atom. The maximum absolute atomic E-state index is 12.0. The molecule has 0 heterocycles. The molecule has 0 saturated heterocycles. The van der Waals surface area contributed by atoms with Gasteiger partial charge in [-0.05, 0) is 34.1 Å². The van der Waals surface area contributed by atoms with Gasteiger partial charge in [-0.25, -0.2) is 13.1 Å². The van der Waals surface area contributed by atoms with Crippen molar-refractivity contribution < 1.29 is 13.2 Å². The van der Waals surface area contributed by atoms with E-state index >= 15 is 0 Å². The summed E-state index contributed by atoms with van der Waals surface area (Å²) >= 11 is 3.16. The van der Waals surface area contributed by atoms with Gasteiger partial charge in [0, 0.05) is 37.2 Å². The van der Waals surface area contributed by atoms with E-state index in [9.17, 15) is 13.2 Å². The molecule has 1 aromatic rings. The van der Waals surface area contributed by atoms with Crippen molar-refractivity contribution in [1.29, 1.82) is 0 Å². The van der Waals surface area contributed by atoms with E-state index in [0.717, 1.165) is 0 Å². The molecule has 106 valence electrons. The lowest BCUT2D eigenvalue weighted by Crippen LogP contribution is -2.30. The van der Waals surface area contributed by atoms with Crippen molar-refractivity contribution in [3.05, 3.63) is 22.7 Å². The van der Waals surface area contributed by atoms with Crippen LogP contribution in [0.15, 0.2) is 27.6 Å². The van der Waals surface area contributed by atoms with Crippen LogP contribution in [0, 0.1) is 0 Å². The zero-order valence-corrected chi connectivity index (χ0v) is 13.1. The zero-order chi connectivity index (χ0) is 14.6. The monoisotopic (exact) mass is 349 g/mol. The second kappa shape index (κ2) is 6.36. The lowest BCUT2D eigenvalue weighted by Gasteiger charge is -2.11. The summed E-state index contributed by atoms with van der Waals surface area (Å²) in [6.45, 7) is 0.0422. The lowest BCUT2D eigenvalue weighted by molar-refractivity contribution is -0.128. The van der Waals surface area contributed by atoms with E-state index in [0.29, 0.717) is 10.2 Å². The minimum atomic E-state index is -3.68. The van der Waals surface area contributed by atoms with Crippen LogP contribution in [0.2, 0.25) is 0 Å². The summed E-state index contributed by atoms with van der Waals surface area (Å²) in [5, 5.41) is 0. The van der Waals surface area contributed by atoms with E-state index in [1.165, 1.54) is 11.0 Å². The highest BCUT2D eigenvalue weighted by Crippen LogP contribution is 2.23. The molecular formula is C11H16BrN3O3S. The third-order valence-corrected chi connectivity index (χ3v) is 4.83. The highest BCUT2D eigenvalue weighted by Gasteiger charge is 2.18. The molecule has 0 unspecified atom stereocenters. The maximum Gasteiger partial charge on any atom is 0.241 e. The van der Waals surface area contributed by atoms with Gasteiger partial charge in [0.05, 0.1) is 4.90 Å². The number of halogens is 1. The molecule has 0 spiro atoms. The first-order chi connectivity index (χ1) is 8.74. The molecular weight excluding hydrogens is 334 g/mol. The quantitative estimate of drug-likeness (QED) is 0.768. The summed E-state index contributed by atoms with van der Waals surface area (Å²) in [5.41, 5.74) is 5.92. The van der Waals surface area contributed by atoms with Gasteiger partial charge in [-0.2, -0.15) is 0 Å². The van der Waals surface area contributed by atoms with Crippen LogP contribution in [-0.4, -0.2) is 39.9 Å². The van der Waals surface area contributed by atoms with Crippen LogP contribution in [0.5, 0.6) is 0 Å². The number of nitrogens with zero attached hydrogens (tertiary/aromatic N) is 1. The normalized spacial score (nSPS) is 11.3. The molecule has 0 bridgehead atoms. The molecule has 0 aliphatic carbocycles. The number of benzene rings is 1. The predicted molar refractivity (Wildman–Crippen MR) is 77.1 cm³/mol. The molecule has 0 radical (unpaired) electrons. The molecule has 0 fully saturated rings. The van der Waals surface area contributed by atoms with Gasteiger partial charge in [0.25, 0.3) is 0 Å². The van der Waals surface area contributed by atoms with E-state index in [1.807, 2.05) is 0 Å². The first kappa shape index (κ1) is 15.9. The fourth-order valence-electron chi connectivity index (χ4n) is 1.32. The van der Waals surface area contributed by atoms with Gasteiger partial charge >= 0.3 is 0 Å². The van der Waals surface area contributed by atoms with Crippen LogP contribution >= 0.6 is 15.9 Å². The minimum Gasteiger partial charge on any atom is -0.399 e. The fourth-order valence-corrected chi connectivity index (χ4v) is 3.35. The molecule has 6 nitrogen and oxygen atoms in total. The summed E-state index contributed by atoms with van der Waals surface area (Å²) in [4.78, 5) is 12.8. The number of nitrogens with one attached hydrogen (secondary N) is 1. The van der Waals surface area contributed by atoms with Gasteiger partial charge in [0.2, 0.25) is 15.9 Å². The van der Waals surface area contributed by atoms with E-state index in [-0.39, 0.29) is 23.8 Å². The maximum atomic E-state index is 12.0. The Kier molecular flexibility index (Phi) is 5.33. The summed E-state index contributed by atoms with van der Waals surface area (Å²) in [5.74, 6) is -0.144. The van der Waals surface area contributed by atoms with Crippen molar-refractivity contribution in [3.63, 3.8) is 0 Å². The van der Waals surface area contributed by atoms with Crippen molar-refractivity contribution in [2.75, 3.05) is 26.4 Å². The molecule has 1 rings (SSSR count). The Labute approximate surface area is 121 Å². The topological polar surface area (TPSA) is 92.5 Å². The largest absolute Gasteiger partial charge is 0.399 e. The Hall–Kier alpha value is -1.12. The van der Waals surface area contributed by atoms with Crippen molar-refractivity contribution in [2.45, 2.75) is 11.3 Å². The first-order valence-electron chi connectivity index (χ1n) is 5.49. The second-order valence-electron chi connectivity index (χ2n) is 4.13. The summed E-state index contributed by atoms with van der Waals surface area (Å²) in [7, 11) is -0.450. The predicted octanol–water partition coefficient (Wildman–Crippen LogP) is 0.788. The Bertz CT molecular complexity index is 573. The molecule has 19 heavy (non-hydrogen) atoms. The summed E-state index contributed by atoms with van der Waals surface area (Å²) in [6.07, 6.45) is 0.103. The number of hydrogen-bond donors (Lipinski definition) is 2. The average molecular weight is 350 g/mol. The molecule has 0 saturated carbocycles. The van der Waals surface area contributed by atoms with Gasteiger partial charge in [-0.3, -0.25) is 4.79 Å². The van der Waals surface area contributed by atoms with Crippen molar-refractivity contribution in [3.8, 4) is 0 Å². The van der Waals surface area contributed by atoms with E-state index in [4.69, 9.17) is 5.73 Å². The highest BCUT2D eigenvalue weighted by molar-refractivity contribution is 9.10. The minimum absolute atomic E-state index is 0.0422. The lowest BCUT2D eigenvalue weighted by atomic mass is 10.3. The van der Waals surface area contributed by atoms with Gasteiger partial charge < -0.3 is 10.6 Å². The number of anilines is 1. The third-order valence-electron chi connectivity index (χ3n) is 2.37. The van der Waals surface area contributed by atoms with Crippen LogP contribution in [0.1, 0.15) is 6.42 Å². The summed E-state index contributed by atoms with van der Waals surface area (Å²) < 4.78 is 26.9. The van der Waals surface area contributed by atoms with Gasteiger partial charge in [0.1, 0.15) is 0 Å². The van der Waals surface area contributed by atoms with Crippen LogP contribution in [0.4, 0.5) is 5.69 Å². The van der Waals surface area contributed by atoms with E-state index in [1.54, 1.807) is 26.2 Å². The van der Waals surface area contributed by atoms with Gasteiger partial charge in [0.15, 0.2) is 0 Å². The second-order valence-corrected chi connectivity index (χ2v) is 6.72. The number of carbonyl (C=O) groups excluding carboxylic acids is 1. The Morgan fingerprint density at radius 2 is 2.05 bits per heavy atom. The number of nitrogens with two attached hydrogens (primary N) is 1. The molecule has 0 aliphatic rings. The number of rotatable bonds is 5. The van der Waals surface area contributed by atoms with Crippen LogP contribution < -0.4 is 10.5 Å². The van der Waals surface area contributed by atoms with E-state index in [2.05, 4.69) is 20.7 Å². The average Bonchev–Trinajstić information content (AvgIpc) is 2.31. The molecule has 0 aliphatic heterocycles. The molecule has 1 aromatic carbocycles. The molecule has 0 atom stereocenters. The smallest absolute Gasteiger partial charge is 0.241 e. The zero-order valence-electron chi connectivity index (χ0n) is 10.7. The standard InChI is InChI=1S/C11H16BrN3O3S/c1-15(2)11(16)5-6-14-19(17,18)10-7-8(13)3-4-9(10)12/h3-4,7,14H,5-6,13H2,1-2H3. The Morgan fingerprint density at radius 1 is 1.42 bits per heavy atom. The van der Waals surface area contributed by atoms with E-state index < -0.39 is 10.0 Å². The Balaban J connectivity index is 2.77. The first-order valence-corrected chi connectivity index (χ1v) is 7.76. The SMILES string of the molecule is CN(C)C(=O)CCNS(=O)(=O)c1cc(N)ccc1Br. The van der Waals surface area contributed by atoms with Gasteiger partial charge in [-0.15, -0.1) is 0 Å². The van der Waals surface area contributed by atoms with Crippen LogP contribution in [0.25, 0.3) is 0 Å². The highest BCUT2D eigenvalue weighted by atomic mass is 79.9. The summed E-state index contributed by atoms with van der Waals surface area (Å²) in [6, 6.07) is 4.52. The fraction of sp³-hybridized carbons (Fsp3) is 0.364. The number of amides is 1. The number of nitrogen functional groups attached to an aromatic ring is 1.